The van der Waals surface area contributed by atoms with Crippen LogP contribution >= 0.6 is 15.9 Å². The summed E-state index contributed by atoms with van der Waals surface area (Å²) in [7, 11) is -3.66. The third-order valence-corrected chi connectivity index (χ3v) is 6.94. The Hall–Kier alpha value is -1.71. The van der Waals surface area contributed by atoms with Gasteiger partial charge in [0.1, 0.15) is 6.54 Å². The lowest BCUT2D eigenvalue weighted by atomic mass is 9.94. The van der Waals surface area contributed by atoms with Gasteiger partial charge in [0, 0.05) is 15.7 Å². The molecule has 0 radical (unpaired) electrons. The molecule has 1 atom stereocenters. The van der Waals surface area contributed by atoms with Crippen LogP contribution in [0.4, 0.5) is 0 Å². The number of carbonyl (C=O) groups is 1. The predicted octanol–water partition coefficient (Wildman–Crippen LogP) is 2.87. The van der Waals surface area contributed by atoms with Crippen LogP contribution < -0.4 is 4.72 Å². The molecule has 146 valence electrons. The second-order valence-electron chi connectivity index (χ2n) is 6.49. The number of carbonyl (C=O) groups excluding carboxylic acids is 1. The zero-order valence-corrected chi connectivity index (χ0v) is 17.6. The number of aryl methyl sites for hydroxylation is 1. The summed E-state index contributed by atoms with van der Waals surface area (Å²) in [6, 6.07) is 4.58. The minimum atomic E-state index is -3.66. The molecule has 1 N–H and O–H groups in total. The van der Waals surface area contributed by atoms with E-state index >= 15 is 0 Å². The molecule has 0 saturated carbocycles. The Morgan fingerprint density at radius 2 is 2.22 bits per heavy atom. The van der Waals surface area contributed by atoms with Crippen molar-refractivity contribution in [2.24, 2.45) is 0 Å². The fourth-order valence-electron chi connectivity index (χ4n) is 3.25. The number of ether oxygens (including phenoxy) is 1. The Bertz CT molecular complexity index is 956. The van der Waals surface area contributed by atoms with Gasteiger partial charge in [-0.2, -0.15) is 5.10 Å². The number of rotatable bonds is 6. The molecule has 27 heavy (non-hydrogen) atoms. The van der Waals surface area contributed by atoms with Crippen molar-refractivity contribution in [1.82, 2.24) is 14.5 Å². The Morgan fingerprint density at radius 3 is 2.93 bits per heavy atom. The summed E-state index contributed by atoms with van der Waals surface area (Å²) in [6.45, 7) is 3.96. The van der Waals surface area contributed by atoms with Gasteiger partial charge in [0.05, 0.1) is 23.7 Å². The highest BCUT2D eigenvalue weighted by Gasteiger charge is 2.29. The van der Waals surface area contributed by atoms with Crippen LogP contribution in [-0.2, 0) is 32.5 Å². The number of aromatic nitrogens is 2. The molecular formula is C18H22BrN3O4S. The quantitative estimate of drug-likeness (QED) is 0.676. The van der Waals surface area contributed by atoms with E-state index in [1.165, 1.54) is 0 Å². The van der Waals surface area contributed by atoms with Crippen molar-refractivity contribution in [1.29, 1.82) is 0 Å². The lowest BCUT2D eigenvalue weighted by molar-refractivity contribution is -0.144. The maximum absolute atomic E-state index is 12.8. The van der Waals surface area contributed by atoms with Gasteiger partial charge in [-0.3, -0.25) is 9.48 Å². The van der Waals surface area contributed by atoms with E-state index < -0.39 is 10.0 Å². The molecule has 1 heterocycles. The summed E-state index contributed by atoms with van der Waals surface area (Å²) in [5.41, 5.74) is 2.56. The molecule has 0 bridgehead atoms. The third-order valence-electron chi connectivity index (χ3n) is 4.58. The highest BCUT2D eigenvalue weighted by atomic mass is 79.9. The average molecular weight is 456 g/mol. The van der Waals surface area contributed by atoms with E-state index in [4.69, 9.17) is 4.74 Å². The monoisotopic (exact) mass is 455 g/mol. The van der Waals surface area contributed by atoms with E-state index in [9.17, 15) is 13.2 Å². The van der Waals surface area contributed by atoms with E-state index in [2.05, 4.69) is 25.8 Å². The molecule has 1 unspecified atom stereocenters. The van der Waals surface area contributed by atoms with Crippen LogP contribution in [0.5, 0.6) is 0 Å². The summed E-state index contributed by atoms with van der Waals surface area (Å²) < 4.78 is 35.9. The van der Waals surface area contributed by atoms with E-state index in [0.29, 0.717) is 13.0 Å². The minimum absolute atomic E-state index is 0.0363. The summed E-state index contributed by atoms with van der Waals surface area (Å²) in [4.78, 5) is 12.0. The number of fused-ring (bicyclic) bond motifs is 1. The van der Waals surface area contributed by atoms with Gasteiger partial charge < -0.3 is 4.74 Å². The standard InChI is InChI=1S/C18H22BrN3O4S/c1-3-26-18(23)11-22-17-6-4-5-16(14(17)10-20-22)21-27(24,25)13-7-8-15(19)12(2)9-13/h7-10,16,21H,3-6,11H2,1-2H3. The summed E-state index contributed by atoms with van der Waals surface area (Å²) in [5, 5.41) is 4.27. The first kappa shape index (κ1) is 20.0. The lowest BCUT2D eigenvalue weighted by Crippen LogP contribution is -2.31. The van der Waals surface area contributed by atoms with Crippen molar-refractivity contribution in [3.63, 3.8) is 0 Å². The number of benzene rings is 1. The summed E-state index contributed by atoms with van der Waals surface area (Å²) in [5.74, 6) is -0.351. The first-order chi connectivity index (χ1) is 12.8. The molecule has 0 amide bonds. The number of nitrogens with zero attached hydrogens (tertiary/aromatic N) is 2. The zero-order chi connectivity index (χ0) is 19.6. The van der Waals surface area contributed by atoms with E-state index in [0.717, 1.165) is 34.1 Å². The Labute approximate surface area is 167 Å². The molecule has 1 aromatic heterocycles. The van der Waals surface area contributed by atoms with Crippen LogP contribution in [0.15, 0.2) is 33.8 Å². The van der Waals surface area contributed by atoms with Gasteiger partial charge in [0.2, 0.25) is 10.0 Å². The van der Waals surface area contributed by atoms with Gasteiger partial charge in [-0.05, 0) is 56.9 Å². The molecule has 1 aliphatic rings. The van der Waals surface area contributed by atoms with Crippen molar-refractivity contribution in [3.05, 3.63) is 45.7 Å². The van der Waals surface area contributed by atoms with Crippen molar-refractivity contribution in [2.45, 2.75) is 50.6 Å². The molecule has 1 aromatic carbocycles. The molecule has 0 aliphatic heterocycles. The van der Waals surface area contributed by atoms with E-state index in [-0.39, 0.29) is 23.5 Å². The van der Waals surface area contributed by atoms with Crippen LogP contribution in [0.1, 0.15) is 42.6 Å². The molecular weight excluding hydrogens is 434 g/mol. The van der Waals surface area contributed by atoms with Crippen LogP contribution in [0, 0.1) is 6.92 Å². The topological polar surface area (TPSA) is 90.3 Å². The first-order valence-corrected chi connectivity index (χ1v) is 11.1. The number of halogens is 1. The molecule has 7 nitrogen and oxygen atoms in total. The van der Waals surface area contributed by atoms with Crippen LogP contribution in [0.3, 0.4) is 0 Å². The van der Waals surface area contributed by atoms with Crippen LogP contribution in [-0.4, -0.2) is 30.8 Å². The van der Waals surface area contributed by atoms with Crippen molar-refractivity contribution >= 4 is 31.9 Å². The number of esters is 1. The van der Waals surface area contributed by atoms with Crippen molar-refractivity contribution in [3.8, 4) is 0 Å². The molecule has 0 fully saturated rings. The smallest absolute Gasteiger partial charge is 0.327 e. The predicted molar refractivity (Wildman–Crippen MR) is 104 cm³/mol. The maximum Gasteiger partial charge on any atom is 0.327 e. The fourth-order valence-corrected chi connectivity index (χ4v) is 4.83. The minimum Gasteiger partial charge on any atom is -0.465 e. The van der Waals surface area contributed by atoms with Crippen molar-refractivity contribution < 1.29 is 17.9 Å². The second kappa shape index (κ2) is 8.12. The van der Waals surface area contributed by atoms with Crippen LogP contribution in [0.2, 0.25) is 0 Å². The van der Waals surface area contributed by atoms with E-state index in [1.807, 2.05) is 6.92 Å². The van der Waals surface area contributed by atoms with Gasteiger partial charge in [-0.1, -0.05) is 15.9 Å². The molecule has 0 spiro atoms. The molecule has 0 saturated heterocycles. The molecule has 3 rings (SSSR count). The highest BCUT2D eigenvalue weighted by Crippen LogP contribution is 2.31. The molecule has 9 heteroatoms. The normalized spacial score (nSPS) is 16.8. The lowest BCUT2D eigenvalue weighted by Gasteiger charge is -2.24. The number of nitrogens with one attached hydrogen (secondary N) is 1. The second-order valence-corrected chi connectivity index (χ2v) is 9.05. The Morgan fingerprint density at radius 1 is 1.44 bits per heavy atom. The van der Waals surface area contributed by atoms with Gasteiger partial charge in [0.15, 0.2) is 0 Å². The average Bonchev–Trinajstić information content (AvgIpc) is 3.01. The van der Waals surface area contributed by atoms with Gasteiger partial charge >= 0.3 is 5.97 Å². The molecule has 2 aromatic rings. The zero-order valence-electron chi connectivity index (χ0n) is 15.2. The Balaban J connectivity index is 1.82. The number of hydrogen-bond donors (Lipinski definition) is 1. The van der Waals surface area contributed by atoms with E-state index in [1.54, 1.807) is 36.0 Å². The largest absolute Gasteiger partial charge is 0.465 e. The number of hydrogen-bond acceptors (Lipinski definition) is 5. The SMILES string of the molecule is CCOC(=O)Cn1ncc2c1CCCC2NS(=O)(=O)c1ccc(Br)c(C)c1. The highest BCUT2D eigenvalue weighted by molar-refractivity contribution is 9.10. The first-order valence-electron chi connectivity index (χ1n) is 8.80. The van der Waals surface area contributed by atoms with Gasteiger partial charge in [-0.25, -0.2) is 13.1 Å². The summed E-state index contributed by atoms with van der Waals surface area (Å²) >= 11 is 3.39. The number of sulfonamides is 1. The third kappa shape index (κ3) is 4.41. The van der Waals surface area contributed by atoms with Gasteiger partial charge in [0.25, 0.3) is 0 Å². The van der Waals surface area contributed by atoms with Gasteiger partial charge in [-0.15, -0.1) is 0 Å². The fraction of sp³-hybridized carbons (Fsp3) is 0.444. The maximum atomic E-state index is 12.8. The van der Waals surface area contributed by atoms with Crippen LogP contribution in [0.25, 0.3) is 0 Å². The Kier molecular flexibility index (Phi) is 6.02. The molecule has 1 aliphatic carbocycles. The van der Waals surface area contributed by atoms with Crippen molar-refractivity contribution in [2.75, 3.05) is 6.61 Å². The summed E-state index contributed by atoms with van der Waals surface area (Å²) in [6.07, 6.45) is 3.90.